The van der Waals surface area contributed by atoms with Crippen molar-refractivity contribution in [1.29, 1.82) is 0 Å². The van der Waals surface area contributed by atoms with Crippen molar-refractivity contribution in [1.82, 2.24) is 35.6 Å². The molecule has 6 heterocycles. The van der Waals surface area contributed by atoms with Crippen molar-refractivity contribution in [3.05, 3.63) is 118 Å². The number of anilines is 2. The average molecular weight is 960 g/mol. The predicted octanol–water partition coefficient (Wildman–Crippen LogP) is 3.04. The van der Waals surface area contributed by atoms with Gasteiger partial charge in [-0.1, -0.05) is 48.2 Å². The molecule has 0 saturated carbocycles. The van der Waals surface area contributed by atoms with Gasteiger partial charge in [0.1, 0.15) is 23.7 Å². The minimum Gasteiger partial charge on any atom is -0.508 e. The first-order valence-electron chi connectivity index (χ1n) is 23.0. The first-order chi connectivity index (χ1) is 33.6. The van der Waals surface area contributed by atoms with Crippen LogP contribution in [0, 0.1) is 0 Å². The second-order valence-electron chi connectivity index (χ2n) is 16.9. The highest BCUT2D eigenvalue weighted by molar-refractivity contribution is 8.02. The quantitative estimate of drug-likeness (QED) is 0.0634. The van der Waals surface area contributed by atoms with Gasteiger partial charge in [-0.25, -0.2) is 4.98 Å². The lowest BCUT2D eigenvalue weighted by atomic mass is 10.0. The second kappa shape index (κ2) is 21.6. The minimum absolute atomic E-state index is 0.0575. The van der Waals surface area contributed by atoms with Crippen LogP contribution in [0.1, 0.15) is 61.1 Å². The Morgan fingerprint density at radius 1 is 0.826 bits per heavy atom. The number of aromatic nitrogens is 1. The van der Waals surface area contributed by atoms with Crippen LogP contribution >= 0.6 is 11.8 Å². The Labute approximate surface area is 402 Å². The second-order valence-corrected chi connectivity index (χ2v) is 17.9. The van der Waals surface area contributed by atoms with Crippen molar-refractivity contribution in [3.8, 4) is 16.9 Å². The molecular formula is C49H53N9O10S. The Balaban J connectivity index is 0.649. The standard InChI is InChI=1S/C49H53N9O10S/c59-39-7-2-1-4-34(39)43(45(62)54-49-51-15-27-69-49)57-30-33-9-8-31(28-36(33)46(57)63)32-10-12-40(52-29-32)56-18-16-55(17-19-56)20-22-67-24-26-68-25-23-66-21-14-50-37-6-3-5-35-42(37)48(65)58(47(35)64)38-11-13-41(60)53-44(38)61/h1-10,12,15,27-29,38,43,49-51,59H,11,13-14,16-26,30H2,(H,54,62)(H,53,60,61). The van der Waals surface area contributed by atoms with Gasteiger partial charge in [0, 0.05) is 87.0 Å². The number of phenols is 1. The van der Waals surface area contributed by atoms with E-state index in [4.69, 9.17) is 19.2 Å². The summed E-state index contributed by atoms with van der Waals surface area (Å²) in [6, 6.07) is 19.2. The minimum atomic E-state index is -1.03. The fourth-order valence-corrected chi connectivity index (χ4v) is 9.70. The molecule has 2 fully saturated rings. The van der Waals surface area contributed by atoms with Crippen molar-refractivity contribution in [2.45, 2.75) is 37.0 Å². The summed E-state index contributed by atoms with van der Waals surface area (Å²) in [4.78, 5) is 89.8. The van der Waals surface area contributed by atoms with Gasteiger partial charge in [0.15, 0.2) is 5.50 Å². The molecule has 0 radical (unpaired) electrons. The maximum atomic E-state index is 14.0. The van der Waals surface area contributed by atoms with Gasteiger partial charge in [-0.15, -0.1) is 0 Å². The molecule has 19 nitrogen and oxygen atoms in total. The topological polar surface area (TPSA) is 224 Å². The Kier molecular flexibility index (Phi) is 14.8. The maximum absolute atomic E-state index is 14.0. The molecule has 0 bridgehead atoms. The molecule has 3 unspecified atom stereocenters. The Morgan fingerprint density at radius 3 is 2.33 bits per heavy atom. The SMILES string of the molecule is O=C1CCC(N2C(=O)c3cccc(NCCOCCOCCOCCN4CCN(c5ccc(-c6ccc7c(c6)C(=O)N(C(C(=O)NC6NC=CS6)c6ccccc6O)C7)cn5)CC4)c3C2=O)C(=O)N1. The maximum Gasteiger partial charge on any atom is 0.264 e. The van der Waals surface area contributed by atoms with Crippen LogP contribution in [-0.4, -0.2) is 151 Å². The number of para-hydroxylation sites is 1. The monoisotopic (exact) mass is 959 g/mol. The smallest absolute Gasteiger partial charge is 0.264 e. The van der Waals surface area contributed by atoms with Crippen LogP contribution in [0.5, 0.6) is 5.75 Å². The molecule has 5 N–H and O–H groups in total. The van der Waals surface area contributed by atoms with E-state index in [1.54, 1.807) is 42.6 Å². The number of hydrogen-bond donors (Lipinski definition) is 5. The zero-order valence-corrected chi connectivity index (χ0v) is 38.6. The lowest BCUT2D eigenvalue weighted by Gasteiger charge is -2.35. The molecule has 69 heavy (non-hydrogen) atoms. The van der Waals surface area contributed by atoms with Crippen LogP contribution in [0.15, 0.2) is 90.6 Å². The highest BCUT2D eigenvalue weighted by Gasteiger charge is 2.46. The molecule has 20 heteroatoms. The largest absolute Gasteiger partial charge is 0.508 e. The van der Waals surface area contributed by atoms with E-state index < -0.39 is 41.6 Å². The summed E-state index contributed by atoms with van der Waals surface area (Å²) in [6.07, 6.45) is 3.73. The van der Waals surface area contributed by atoms with Crippen molar-refractivity contribution in [2.75, 3.05) is 89.1 Å². The van der Waals surface area contributed by atoms with E-state index in [1.165, 1.54) is 22.7 Å². The van der Waals surface area contributed by atoms with E-state index in [1.807, 2.05) is 41.9 Å². The van der Waals surface area contributed by atoms with Crippen LogP contribution in [0.25, 0.3) is 11.1 Å². The lowest BCUT2D eigenvalue weighted by Crippen LogP contribution is -2.54. The van der Waals surface area contributed by atoms with Gasteiger partial charge in [-0.3, -0.25) is 43.9 Å². The molecule has 360 valence electrons. The fourth-order valence-electron chi connectivity index (χ4n) is 9.05. The number of phenolic OH excluding ortho intramolecular Hbond substituents is 1. The van der Waals surface area contributed by atoms with Crippen molar-refractivity contribution >= 4 is 58.7 Å². The highest BCUT2D eigenvalue weighted by Crippen LogP contribution is 2.38. The summed E-state index contributed by atoms with van der Waals surface area (Å²) in [7, 11) is 0. The molecule has 2 saturated heterocycles. The molecule has 4 aromatic rings. The number of rotatable bonds is 20. The van der Waals surface area contributed by atoms with Crippen LogP contribution in [0.3, 0.4) is 0 Å². The van der Waals surface area contributed by atoms with Gasteiger partial charge in [-0.05, 0) is 59.4 Å². The number of hydrogen-bond acceptors (Lipinski definition) is 16. The Hall–Kier alpha value is -6.84. The first-order valence-corrected chi connectivity index (χ1v) is 23.9. The third-order valence-electron chi connectivity index (χ3n) is 12.6. The van der Waals surface area contributed by atoms with Crippen LogP contribution in [0.4, 0.5) is 11.5 Å². The number of nitrogens with one attached hydrogen (secondary N) is 4. The van der Waals surface area contributed by atoms with Crippen LogP contribution in [-0.2, 0) is 35.1 Å². The van der Waals surface area contributed by atoms with E-state index in [0.717, 1.165) is 60.1 Å². The highest BCUT2D eigenvalue weighted by atomic mass is 32.2. The van der Waals surface area contributed by atoms with Gasteiger partial charge in [-0.2, -0.15) is 0 Å². The van der Waals surface area contributed by atoms with Gasteiger partial charge in [0.05, 0.1) is 50.8 Å². The van der Waals surface area contributed by atoms with Gasteiger partial charge in [0.2, 0.25) is 17.7 Å². The summed E-state index contributed by atoms with van der Waals surface area (Å²) >= 11 is 1.41. The number of pyridine rings is 1. The van der Waals surface area contributed by atoms with E-state index in [0.29, 0.717) is 63.0 Å². The molecule has 9 rings (SSSR count). The number of benzene rings is 3. The normalized spacial score (nSPS) is 19.4. The van der Waals surface area contributed by atoms with E-state index in [-0.39, 0.29) is 47.7 Å². The Morgan fingerprint density at radius 2 is 1.59 bits per heavy atom. The number of carbonyl (C=O) groups excluding carboxylic acids is 6. The number of imide groups is 2. The summed E-state index contributed by atoms with van der Waals surface area (Å²) in [5, 5.41) is 23.9. The summed E-state index contributed by atoms with van der Waals surface area (Å²) in [5.41, 5.74) is 3.91. The fraction of sp³-hybridized carbons (Fsp3) is 0.367. The van der Waals surface area contributed by atoms with Crippen LogP contribution < -0.4 is 26.2 Å². The molecular weight excluding hydrogens is 907 g/mol. The molecule has 3 aromatic carbocycles. The number of ether oxygens (including phenoxy) is 3. The third kappa shape index (κ3) is 10.6. The molecule has 5 aliphatic heterocycles. The number of aromatic hydroxyl groups is 1. The van der Waals surface area contributed by atoms with Gasteiger partial charge >= 0.3 is 0 Å². The molecule has 3 atom stereocenters. The zero-order valence-electron chi connectivity index (χ0n) is 37.8. The van der Waals surface area contributed by atoms with E-state index >= 15 is 0 Å². The summed E-state index contributed by atoms with van der Waals surface area (Å²) < 4.78 is 17.2. The van der Waals surface area contributed by atoms with Crippen molar-refractivity contribution in [3.63, 3.8) is 0 Å². The molecule has 1 aromatic heterocycles. The molecule has 6 amide bonds. The number of thioether (sulfide) groups is 1. The van der Waals surface area contributed by atoms with Gasteiger partial charge < -0.3 is 45.1 Å². The van der Waals surface area contributed by atoms with Gasteiger partial charge in [0.25, 0.3) is 17.7 Å². The van der Waals surface area contributed by atoms with E-state index in [9.17, 15) is 33.9 Å². The molecule has 5 aliphatic rings. The van der Waals surface area contributed by atoms with E-state index in [2.05, 4.69) is 31.1 Å². The number of amides is 6. The summed E-state index contributed by atoms with van der Waals surface area (Å²) in [5.74, 6) is -2.04. The van der Waals surface area contributed by atoms with Crippen LogP contribution in [0.2, 0.25) is 0 Å². The first kappa shape index (κ1) is 47.2. The number of fused-ring (bicyclic) bond motifs is 2. The Bertz CT molecular complexity index is 2620. The number of nitrogens with zero attached hydrogens (tertiary/aromatic N) is 5. The lowest BCUT2D eigenvalue weighted by molar-refractivity contribution is -0.136. The average Bonchev–Trinajstić information content (AvgIpc) is 4.06. The number of carbonyl (C=O) groups is 6. The third-order valence-corrected chi connectivity index (χ3v) is 13.5. The summed E-state index contributed by atoms with van der Waals surface area (Å²) in [6.45, 7) is 7.35. The van der Waals surface area contributed by atoms with Crippen molar-refractivity contribution in [2.24, 2.45) is 0 Å². The number of piperazine rings is 1. The zero-order chi connectivity index (χ0) is 47.9. The van der Waals surface area contributed by atoms with Crippen molar-refractivity contribution < 1.29 is 48.1 Å². The predicted molar refractivity (Wildman–Crippen MR) is 255 cm³/mol. The molecule has 0 aliphatic carbocycles. The molecule has 0 spiro atoms. The number of piperidine rings is 1.